The van der Waals surface area contributed by atoms with E-state index in [0.29, 0.717) is 11.3 Å². The van der Waals surface area contributed by atoms with Crippen LogP contribution in [0.2, 0.25) is 0 Å². The molecule has 0 aliphatic carbocycles. The van der Waals surface area contributed by atoms with Gasteiger partial charge in [-0.05, 0) is 18.2 Å². The molecule has 1 aromatic carbocycles. The highest BCUT2D eigenvalue weighted by Crippen LogP contribution is 2.18. The molecule has 0 saturated heterocycles. The molecule has 0 aliphatic heterocycles. The van der Waals surface area contributed by atoms with Crippen molar-refractivity contribution >= 4 is 6.03 Å². The molecule has 4 nitrogen and oxygen atoms in total. The lowest BCUT2D eigenvalue weighted by Gasteiger charge is -2.02. The molecule has 0 aliphatic rings. The van der Waals surface area contributed by atoms with E-state index in [1.54, 1.807) is 12.1 Å². The van der Waals surface area contributed by atoms with Gasteiger partial charge in [0.15, 0.2) is 0 Å². The van der Waals surface area contributed by atoms with Crippen LogP contribution in [-0.4, -0.2) is 15.8 Å². The van der Waals surface area contributed by atoms with Gasteiger partial charge in [0.05, 0.1) is 5.69 Å². The van der Waals surface area contributed by atoms with Gasteiger partial charge in [-0.3, -0.25) is 0 Å². The second kappa shape index (κ2) is 3.53. The van der Waals surface area contributed by atoms with Crippen LogP contribution in [0.5, 0.6) is 0 Å². The van der Waals surface area contributed by atoms with Crippen molar-refractivity contribution in [1.29, 1.82) is 0 Å². The smallest absolute Gasteiger partial charge is 0.340 e. The number of primary amides is 1. The third-order valence-corrected chi connectivity index (χ3v) is 1.92. The maximum atomic E-state index is 12.9. The quantitative estimate of drug-likeness (QED) is 0.763. The van der Waals surface area contributed by atoms with E-state index < -0.39 is 6.03 Å². The fourth-order valence-electron chi connectivity index (χ4n) is 1.28. The number of hydrogen-bond donors (Lipinski definition) is 1. The molecule has 0 unspecified atom stereocenters. The van der Waals surface area contributed by atoms with Crippen molar-refractivity contribution < 1.29 is 9.18 Å². The first kappa shape index (κ1) is 9.39. The van der Waals surface area contributed by atoms with E-state index in [9.17, 15) is 9.18 Å². The SMILES string of the molecule is NC(=O)n1n[c]cc1-c1cccc(F)c1. The summed E-state index contributed by atoms with van der Waals surface area (Å²) in [6.07, 6.45) is 2.49. The Morgan fingerprint density at radius 3 is 3.00 bits per heavy atom. The molecule has 75 valence electrons. The molecule has 1 aromatic heterocycles. The van der Waals surface area contributed by atoms with E-state index in [0.717, 1.165) is 4.68 Å². The summed E-state index contributed by atoms with van der Waals surface area (Å²) in [7, 11) is 0. The first-order valence-corrected chi connectivity index (χ1v) is 4.20. The van der Waals surface area contributed by atoms with Crippen molar-refractivity contribution in [3.63, 3.8) is 0 Å². The minimum atomic E-state index is -0.726. The number of benzene rings is 1. The molecule has 0 saturated carbocycles. The first-order valence-electron chi connectivity index (χ1n) is 4.20. The minimum absolute atomic E-state index is 0.385. The molecule has 0 atom stereocenters. The fourth-order valence-corrected chi connectivity index (χ4v) is 1.28. The van der Waals surface area contributed by atoms with Crippen molar-refractivity contribution in [2.45, 2.75) is 0 Å². The summed E-state index contributed by atoms with van der Waals surface area (Å²) in [5.41, 5.74) is 6.03. The summed E-state index contributed by atoms with van der Waals surface area (Å²) in [6, 6.07) is 6.56. The lowest BCUT2D eigenvalue weighted by molar-refractivity contribution is 0.248. The Bertz CT molecular complexity index is 507. The van der Waals surface area contributed by atoms with Gasteiger partial charge < -0.3 is 5.73 Å². The zero-order valence-corrected chi connectivity index (χ0v) is 7.64. The zero-order valence-electron chi connectivity index (χ0n) is 7.64. The summed E-state index contributed by atoms with van der Waals surface area (Å²) in [5, 5.41) is 3.62. The predicted molar refractivity (Wildman–Crippen MR) is 51.4 cm³/mol. The van der Waals surface area contributed by atoms with Gasteiger partial charge in [-0.15, -0.1) is 0 Å². The van der Waals surface area contributed by atoms with Gasteiger partial charge in [-0.1, -0.05) is 12.1 Å². The number of nitrogens with two attached hydrogens (primary N) is 1. The summed E-state index contributed by atoms with van der Waals surface area (Å²) >= 11 is 0. The molecule has 15 heavy (non-hydrogen) atoms. The lowest BCUT2D eigenvalue weighted by Crippen LogP contribution is -2.21. The van der Waals surface area contributed by atoms with Gasteiger partial charge >= 0.3 is 6.03 Å². The molecule has 1 heterocycles. The molecule has 0 fully saturated rings. The van der Waals surface area contributed by atoms with E-state index in [1.165, 1.54) is 18.2 Å². The van der Waals surface area contributed by atoms with Crippen molar-refractivity contribution in [1.82, 2.24) is 9.78 Å². The van der Waals surface area contributed by atoms with Gasteiger partial charge in [0.2, 0.25) is 0 Å². The Labute approximate surface area is 85.1 Å². The molecule has 5 heteroatoms. The molecular weight excluding hydrogens is 197 g/mol. The Morgan fingerprint density at radius 2 is 2.33 bits per heavy atom. The van der Waals surface area contributed by atoms with E-state index in [4.69, 9.17) is 5.73 Å². The van der Waals surface area contributed by atoms with E-state index >= 15 is 0 Å². The molecule has 2 N–H and O–H groups in total. The zero-order chi connectivity index (χ0) is 10.8. The third-order valence-electron chi connectivity index (χ3n) is 1.92. The Hall–Kier alpha value is -2.17. The summed E-state index contributed by atoms with van der Waals surface area (Å²) in [6.45, 7) is 0. The largest absolute Gasteiger partial charge is 0.350 e. The molecule has 1 amide bonds. The number of carbonyl (C=O) groups is 1. The van der Waals surface area contributed by atoms with Crippen LogP contribution in [-0.2, 0) is 0 Å². The summed E-state index contributed by atoms with van der Waals surface area (Å²) in [4.78, 5) is 11.0. The fraction of sp³-hybridized carbons (Fsp3) is 0. The second-order valence-corrected chi connectivity index (χ2v) is 2.92. The summed E-state index contributed by atoms with van der Waals surface area (Å²) in [5.74, 6) is -0.385. The van der Waals surface area contributed by atoms with Crippen LogP contribution in [0, 0.1) is 12.0 Å². The van der Waals surface area contributed by atoms with Crippen molar-refractivity contribution in [3.05, 3.63) is 42.3 Å². The molecule has 2 rings (SSSR count). The predicted octanol–water partition coefficient (Wildman–Crippen LogP) is 1.42. The van der Waals surface area contributed by atoms with Crippen LogP contribution in [0.25, 0.3) is 11.3 Å². The number of rotatable bonds is 1. The molecule has 0 bridgehead atoms. The number of amides is 1. The van der Waals surface area contributed by atoms with Gasteiger partial charge in [0, 0.05) is 5.56 Å². The maximum absolute atomic E-state index is 12.9. The molecule has 1 radical (unpaired) electrons. The number of nitrogens with zero attached hydrogens (tertiary/aromatic N) is 2. The van der Waals surface area contributed by atoms with Crippen LogP contribution < -0.4 is 5.73 Å². The van der Waals surface area contributed by atoms with Gasteiger partial charge in [-0.25, -0.2) is 9.18 Å². The Kier molecular flexibility index (Phi) is 2.21. The van der Waals surface area contributed by atoms with Crippen molar-refractivity contribution in [3.8, 4) is 11.3 Å². The number of halogens is 1. The monoisotopic (exact) mass is 204 g/mol. The van der Waals surface area contributed by atoms with Gasteiger partial charge in [-0.2, -0.15) is 9.78 Å². The standard InChI is InChI=1S/C10H7FN3O/c11-8-3-1-2-7(6-8)9-4-5-13-14(9)10(12)15/h1-4,6H,(H2,12,15). The van der Waals surface area contributed by atoms with E-state index in [-0.39, 0.29) is 5.82 Å². The lowest BCUT2D eigenvalue weighted by atomic mass is 10.1. The van der Waals surface area contributed by atoms with Crippen LogP contribution in [0.1, 0.15) is 0 Å². The van der Waals surface area contributed by atoms with Crippen LogP contribution >= 0.6 is 0 Å². The van der Waals surface area contributed by atoms with Crippen molar-refractivity contribution in [2.24, 2.45) is 5.73 Å². The first-order chi connectivity index (χ1) is 7.18. The van der Waals surface area contributed by atoms with Crippen LogP contribution in [0.15, 0.2) is 30.3 Å². The number of carbonyl (C=O) groups excluding carboxylic acids is 1. The molecule has 2 aromatic rings. The highest BCUT2D eigenvalue weighted by atomic mass is 19.1. The average Bonchev–Trinajstić information content (AvgIpc) is 2.65. The van der Waals surface area contributed by atoms with Crippen molar-refractivity contribution in [2.75, 3.05) is 0 Å². The van der Waals surface area contributed by atoms with E-state index in [1.807, 2.05) is 0 Å². The summed E-state index contributed by atoms with van der Waals surface area (Å²) < 4.78 is 13.9. The Morgan fingerprint density at radius 1 is 1.53 bits per heavy atom. The van der Waals surface area contributed by atoms with Gasteiger partial charge in [0.25, 0.3) is 0 Å². The molecule has 0 spiro atoms. The maximum Gasteiger partial charge on any atom is 0.340 e. The van der Waals surface area contributed by atoms with E-state index in [2.05, 4.69) is 11.3 Å². The van der Waals surface area contributed by atoms with Crippen LogP contribution in [0.3, 0.4) is 0 Å². The Balaban J connectivity index is 2.54. The topological polar surface area (TPSA) is 60.9 Å². The van der Waals surface area contributed by atoms with Crippen LogP contribution in [0.4, 0.5) is 9.18 Å². The molecular formula is C10H7FN3O. The average molecular weight is 204 g/mol. The highest BCUT2D eigenvalue weighted by molar-refractivity contribution is 5.79. The number of hydrogen-bond acceptors (Lipinski definition) is 2. The minimum Gasteiger partial charge on any atom is -0.350 e. The normalized spacial score (nSPS) is 10.2. The van der Waals surface area contributed by atoms with Gasteiger partial charge in [0.1, 0.15) is 12.0 Å². The number of aromatic nitrogens is 2. The third kappa shape index (κ3) is 1.71. The second-order valence-electron chi connectivity index (χ2n) is 2.92. The highest BCUT2D eigenvalue weighted by Gasteiger charge is 2.09.